The fourth-order valence-electron chi connectivity index (χ4n) is 1.69. The van der Waals surface area contributed by atoms with Crippen LogP contribution in [0.2, 0.25) is 5.02 Å². The monoisotopic (exact) mass is 223 g/mol. The molecule has 1 unspecified atom stereocenters. The SMILES string of the molecule is CC1(N=C=O)COc2cc(Cl)ccc2C1. The van der Waals surface area contributed by atoms with Crippen LogP contribution >= 0.6 is 11.6 Å². The van der Waals surface area contributed by atoms with Gasteiger partial charge in [0.2, 0.25) is 6.08 Å². The van der Waals surface area contributed by atoms with Gasteiger partial charge in [0.15, 0.2) is 0 Å². The number of nitrogens with zero attached hydrogens (tertiary/aromatic N) is 1. The number of aliphatic imine (C=N–C) groups is 1. The van der Waals surface area contributed by atoms with Crippen LogP contribution in [0.5, 0.6) is 5.75 Å². The Balaban J connectivity index is 2.35. The molecule has 15 heavy (non-hydrogen) atoms. The summed E-state index contributed by atoms with van der Waals surface area (Å²) in [6.45, 7) is 2.25. The van der Waals surface area contributed by atoms with Gasteiger partial charge in [0.1, 0.15) is 17.9 Å². The van der Waals surface area contributed by atoms with Gasteiger partial charge in [-0.25, -0.2) is 4.79 Å². The molecule has 1 aliphatic heterocycles. The zero-order chi connectivity index (χ0) is 10.9. The minimum Gasteiger partial charge on any atom is -0.491 e. The number of benzene rings is 1. The topological polar surface area (TPSA) is 38.7 Å². The summed E-state index contributed by atoms with van der Waals surface area (Å²) >= 11 is 5.84. The van der Waals surface area contributed by atoms with Crippen LogP contribution in [-0.2, 0) is 11.2 Å². The largest absolute Gasteiger partial charge is 0.491 e. The third-order valence-electron chi connectivity index (χ3n) is 2.45. The molecule has 0 fully saturated rings. The summed E-state index contributed by atoms with van der Waals surface area (Å²) in [7, 11) is 0. The fraction of sp³-hybridized carbons (Fsp3) is 0.364. The van der Waals surface area contributed by atoms with Gasteiger partial charge >= 0.3 is 0 Å². The first-order chi connectivity index (χ1) is 7.13. The van der Waals surface area contributed by atoms with Crippen LogP contribution in [0.1, 0.15) is 12.5 Å². The summed E-state index contributed by atoms with van der Waals surface area (Å²) in [4.78, 5) is 14.0. The van der Waals surface area contributed by atoms with E-state index in [0.717, 1.165) is 11.3 Å². The van der Waals surface area contributed by atoms with Crippen LogP contribution in [-0.4, -0.2) is 18.2 Å². The van der Waals surface area contributed by atoms with Crippen molar-refractivity contribution < 1.29 is 9.53 Å². The molecule has 3 nitrogen and oxygen atoms in total. The molecule has 0 amide bonds. The number of hydrogen-bond acceptors (Lipinski definition) is 3. The second kappa shape index (κ2) is 3.69. The summed E-state index contributed by atoms with van der Waals surface area (Å²) in [6.07, 6.45) is 2.26. The molecule has 4 heteroatoms. The molecule has 1 aliphatic rings. The number of carbonyl (C=O) groups excluding carboxylic acids is 1. The lowest BCUT2D eigenvalue weighted by molar-refractivity contribution is 0.205. The fourth-order valence-corrected chi connectivity index (χ4v) is 1.85. The first-order valence-electron chi connectivity index (χ1n) is 4.63. The number of fused-ring (bicyclic) bond motifs is 1. The van der Waals surface area contributed by atoms with Crippen molar-refractivity contribution in [3.63, 3.8) is 0 Å². The van der Waals surface area contributed by atoms with Crippen LogP contribution in [0.15, 0.2) is 23.2 Å². The van der Waals surface area contributed by atoms with Crippen LogP contribution in [0.4, 0.5) is 0 Å². The van der Waals surface area contributed by atoms with E-state index in [-0.39, 0.29) is 0 Å². The Bertz CT molecular complexity index is 440. The average Bonchev–Trinajstić information content (AvgIpc) is 2.19. The number of ether oxygens (including phenoxy) is 1. The highest BCUT2D eigenvalue weighted by Crippen LogP contribution is 2.33. The van der Waals surface area contributed by atoms with Gasteiger partial charge in [0.25, 0.3) is 0 Å². The Hall–Kier alpha value is -1.31. The maximum Gasteiger partial charge on any atom is 0.235 e. The first-order valence-corrected chi connectivity index (χ1v) is 5.01. The molecule has 1 heterocycles. The predicted molar refractivity (Wildman–Crippen MR) is 57.2 cm³/mol. The van der Waals surface area contributed by atoms with Crippen molar-refractivity contribution in [3.8, 4) is 5.75 Å². The quantitative estimate of drug-likeness (QED) is 0.542. The summed E-state index contributed by atoms with van der Waals surface area (Å²) in [5, 5.41) is 0.649. The van der Waals surface area contributed by atoms with Gasteiger partial charge in [0, 0.05) is 11.4 Å². The molecule has 0 spiro atoms. The molecular weight excluding hydrogens is 214 g/mol. The Labute approximate surface area is 92.7 Å². The maximum atomic E-state index is 10.3. The van der Waals surface area contributed by atoms with Crippen molar-refractivity contribution in [2.24, 2.45) is 4.99 Å². The molecule has 0 bridgehead atoms. The molecule has 0 aliphatic carbocycles. The molecule has 1 aromatic carbocycles. The molecule has 0 saturated carbocycles. The summed E-state index contributed by atoms with van der Waals surface area (Å²) in [6, 6.07) is 5.48. The highest BCUT2D eigenvalue weighted by Gasteiger charge is 2.31. The van der Waals surface area contributed by atoms with Crippen LogP contribution in [0, 0.1) is 0 Å². The molecule has 0 aromatic heterocycles. The summed E-state index contributed by atoms with van der Waals surface area (Å²) in [5.41, 5.74) is 0.523. The van der Waals surface area contributed by atoms with Crippen molar-refractivity contribution in [3.05, 3.63) is 28.8 Å². The van der Waals surface area contributed by atoms with Gasteiger partial charge in [-0.15, -0.1) is 0 Å². The third kappa shape index (κ3) is 2.04. The van der Waals surface area contributed by atoms with E-state index >= 15 is 0 Å². The number of isocyanates is 1. The Morgan fingerprint density at radius 3 is 3.13 bits per heavy atom. The van der Waals surface area contributed by atoms with E-state index in [2.05, 4.69) is 4.99 Å². The number of rotatable bonds is 1. The van der Waals surface area contributed by atoms with Gasteiger partial charge < -0.3 is 4.74 Å². The lowest BCUT2D eigenvalue weighted by atomic mass is 9.91. The van der Waals surface area contributed by atoms with E-state index in [1.165, 1.54) is 0 Å². The van der Waals surface area contributed by atoms with Crippen molar-refractivity contribution >= 4 is 17.7 Å². The molecule has 1 aromatic rings. The van der Waals surface area contributed by atoms with Crippen molar-refractivity contribution in [1.29, 1.82) is 0 Å². The van der Waals surface area contributed by atoms with Crippen molar-refractivity contribution in [2.45, 2.75) is 18.9 Å². The van der Waals surface area contributed by atoms with Gasteiger partial charge in [0.05, 0.1) is 0 Å². The van der Waals surface area contributed by atoms with Crippen LogP contribution < -0.4 is 4.74 Å². The normalized spacial score (nSPS) is 23.6. The zero-order valence-corrected chi connectivity index (χ0v) is 9.04. The van der Waals surface area contributed by atoms with E-state index in [1.807, 2.05) is 13.0 Å². The number of halogens is 1. The minimum atomic E-state index is -0.497. The molecule has 1 atom stereocenters. The highest BCUT2D eigenvalue weighted by atomic mass is 35.5. The smallest absolute Gasteiger partial charge is 0.235 e. The minimum absolute atomic E-state index is 0.385. The lowest BCUT2D eigenvalue weighted by Gasteiger charge is -2.30. The Morgan fingerprint density at radius 2 is 2.40 bits per heavy atom. The van der Waals surface area contributed by atoms with Crippen LogP contribution in [0.3, 0.4) is 0 Å². The second-order valence-electron chi connectivity index (χ2n) is 3.92. The summed E-state index contributed by atoms with van der Waals surface area (Å²) < 4.78 is 5.52. The number of hydrogen-bond donors (Lipinski definition) is 0. The van der Waals surface area contributed by atoms with E-state index in [9.17, 15) is 4.79 Å². The van der Waals surface area contributed by atoms with Gasteiger partial charge in [-0.3, -0.25) is 0 Å². The van der Waals surface area contributed by atoms with E-state index in [0.29, 0.717) is 18.1 Å². The standard InChI is InChI=1S/C11H10ClNO2/c1-11(13-7-14)5-8-2-3-9(12)4-10(8)15-6-11/h2-4H,5-6H2,1H3. The molecule has 2 rings (SSSR count). The maximum absolute atomic E-state index is 10.3. The van der Waals surface area contributed by atoms with E-state index < -0.39 is 5.54 Å². The lowest BCUT2D eigenvalue weighted by Crippen LogP contribution is -2.36. The highest BCUT2D eigenvalue weighted by molar-refractivity contribution is 6.30. The van der Waals surface area contributed by atoms with Crippen LogP contribution in [0.25, 0.3) is 0 Å². The molecule has 78 valence electrons. The average molecular weight is 224 g/mol. The van der Waals surface area contributed by atoms with Crippen molar-refractivity contribution in [2.75, 3.05) is 6.61 Å². The van der Waals surface area contributed by atoms with Gasteiger partial charge in [-0.05, 0) is 24.6 Å². The van der Waals surface area contributed by atoms with Gasteiger partial charge in [-0.2, -0.15) is 4.99 Å². The van der Waals surface area contributed by atoms with Crippen molar-refractivity contribution in [1.82, 2.24) is 0 Å². The van der Waals surface area contributed by atoms with E-state index in [4.69, 9.17) is 16.3 Å². The summed E-state index contributed by atoms with van der Waals surface area (Å²) in [5.74, 6) is 0.779. The predicted octanol–water partition coefficient (Wildman–Crippen LogP) is 2.37. The first kappa shape index (κ1) is 10.2. The molecule has 0 saturated heterocycles. The van der Waals surface area contributed by atoms with E-state index in [1.54, 1.807) is 18.2 Å². The molecule has 0 radical (unpaired) electrons. The second-order valence-corrected chi connectivity index (χ2v) is 4.35. The zero-order valence-electron chi connectivity index (χ0n) is 8.29. The molecule has 0 N–H and O–H groups in total. The van der Waals surface area contributed by atoms with Gasteiger partial charge in [-0.1, -0.05) is 17.7 Å². The third-order valence-corrected chi connectivity index (χ3v) is 2.69. The molecular formula is C11H10ClNO2. The Kier molecular flexibility index (Phi) is 2.51. The Morgan fingerprint density at radius 1 is 1.60 bits per heavy atom.